The number of nitrogens with zero attached hydrogens (tertiary/aromatic N) is 2. The van der Waals surface area contributed by atoms with E-state index in [1.807, 2.05) is 0 Å². The number of imidazole rings is 1. The fourth-order valence-electron chi connectivity index (χ4n) is 2.43. The molecule has 1 aromatic heterocycles. The first kappa shape index (κ1) is 14.5. The van der Waals surface area contributed by atoms with E-state index in [0.717, 1.165) is 29.8 Å². The minimum absolute atomic E-state index is 0.292. The standard InChI is InChI=1S/C15H20N2O3/c1-4-14-16-12-6-5-11(15(18)19)7-13(12)17(14)8-10(2)9-20-3/h5-7,10H,4,8-9H2,1-3H3,(H,18,19). The number of methoxy groups -OCH3 is 1. The summed E-state index contributed by atoms with van der Waals surface area (Å²) in [5.41, 5.74) is 2.02. The third-order valence-corrected chi connectivity index (χ3v) is 3.34. The van der Waals surface area contributed by atoms with E-state index in [2.05, 4.69) is 23.4 Å². The quantitative estimate of drug-likeness (QED) is 0.880. The molecule has 2 aromatic rings. The van der Waals surface area contributed by atoms with E-state index in [1.54, 1.807) is 25.3 Å². The highest BCUT2D eigenvalue weighted by Gasteiger charge is 2.14. The number of fused-ring (bicyclic) bond motifs is 1. The minimum Gasteiger partial charge on any atom is -0.478 e. The number of carboxylic acids is 1. The van der Waals surface area contributed by atoms with Crippen molar-refractivity contribution in [2.45, 2.75) is 26.8 Å². The zero-order chi connectivity index (χ0) is 14.7. The molecule has 0 spiro atoms. The molecule has 1 N–H and O–H groups in total. The highest BCUT2D eigenvalue weighted by molar-refractivity contribution is 5.92. The fraction of sp³-hybridized carbons (Fsp3) is 0.467. The normalized spacial score (nSPS) is 12.8. The Labute approximate surface area is 118 Å². The second-order valence-electron chi connectivity index (χ2n) is 5.06. The highest BCUT2D eigenvalue weighted by atomic mass is 16.5. The Hall–Kier alpha value is -1.88. The molecule has 0 fully saturated rings. The first-order valence-corrected chi connectivity index (χ1v) is 6.78. The van der Waals surface area contributed by atoms with Gasteiger partial charge in [0, 0.05) is 20.1 Å². The number of aryl methyl sites for hydroxylation is 1. The lowest BCUT2D eigenvalue weighted by atomic mass is 10.1. The molecule has 0 aliphatic heterocycles. The molecule has 1 unspecified atom stereocenters. The summed E-state index contributed by atoms with van der Waals surface area (Å²) in [6, 6.07) is 5.07. The van der Waals surface area contributed by atoms with Crippen molar-refractivity contribution in [3.8, 4) is 0 Å². The van der Waals surface area contributed by atoms with Crippen LogP contribution < -0.4 is 0 Å². The summed E-state index contributed by atoms with van der Waals surface area (Å²) in [7, 11) is 1.69. The molecule has 20 heavy (non-hydrogen) atoms. The molecule has 5 nitrogen and oxygen atoms in total. The van der Waals surface area contributed by atoms with Crippen LogP contribution in [0.4, 0.5) is 0 Å². The van der Waals surface area contributed by atoms with Crippen LogP contribution in [0.25, 0.3) is 11.0 Å². The van der Waals surface area contributed by atoms with Crippen molar-refractivity contribution in [3.63, 3.8) is 0 Å². The van der Waals surface area contributed by atoms with Crippen LogP contribution in [0.2, 0.25) is 0 Å². The van der Waals surface area contributed by atoms with Gasteiger partial charge in [-0.05, 0) is 24.1 Å². The molecule has 1 heterocycles. The molecular formula is C15H20N2O3. The minimum atomic E-state index is -0.914. The largest absolute Gasteiger partial charge is 0.478 e. The van der Waals surface area contributed by atoms with Crippen LogP contribution in [0, 0.1) is 5.92 Å². The Morgan fingerprint density at radius 1 is 1.50 bits per heavy atom. The maximum atomic E-state index is 11.1. The van der Waals surface area contributed by atoms with Gasteiger partial charge in [-0.1, -0.05) is 13.8 Å². The molecular weight excluding hydrogens is 256 g/mol. The van der Waals surface area contributed by atoms with E-state index in [9.17, 15) is 4.79 Å². The van der Waals surface area contributed by atoms with Crippen molar-refractivity contribution in [3.05, 3.63) is 29.6 Å². The molecule has 0 aliphatic carbocycles. The maximum absolute atomic E-state index is 11.1. The van der Waals surface area contributed by atoms with Gasteiger partial charge in [0.1, 0.15) is 5.82 Å². The van der Waals surface area contributed by atoms with Crippen LogP contribution in [0.15, 0.2) is 18.2 Å². The van der Waals surface area contributed by atoms with Crippen LogP contribution in [0.1, 0.15) is 30.0 Å². The van der Waals surface area contributed by atoms with Crippen LogP contribution in [-0.2, 0) is 17.7 Å². The molecule has 0 aliphatic rings. The van der Waals surface area contributed by atoms with Crippen LogP contribution in [0.5, 0.6) is 0 Å². The summed E-state index contributed by atoms with van der Waals surface area (Å²) < 4.78 is 7.27. The average molecular weight is 276 g/mol. The zero-order valence-corrected chi connectivity index (χ0v) is 12.1. The van der Waals surface area contributed by atoms with Gasteiger partial charge < -0.3 is 14.4 Å². The molecule has 0 amide bonds. The lowest BCUT2D eigenvalue weighted by molar-refractivity contribution is 0.0697. The lowest BCUT2D eigenvalue weighted by Crippen LogP contribution is -2.14. The summed E-state index contributed by atoms with van der Waals surface area (Å²) >= 11 is 0. The molecule has 1 atom stereocenters. The van der Waals surface area contributed by atoms with Gasteiger partial charge in [0.15, 0.2) is 0 Å². The van der Waals surface area contributed by atoms with Gasteiger partial charge in [-0.2, -0.15) is 0 Å². The van der Waals surface area contributed by atoms with E-state index in [0.29, 0.717) is 18.1 Å². The van der Waals surface area contributed by atoms with Crippen molar-refractivity contribution in [1.29, 1.82) is 0 Å². The van der Waals surface area contributed by atoms with Crippen molar-refractivity contribution in [2.75, 3.05) is 13.7 Å². The van der Waals surface area contributed by atoms with Gasteiger partial charge in [-0.15, -0.1) is 0 Å². The second-order valence-corrected chi connectivity index (χ2v) is 5.06. The van der Waals surface area contributed by atoms with Crippen molar-refractivity contribution >= 4 is 17.0 Å². The topological polar surface area (TPSA) is 64.3 Å². The highest BCUT2D eigenvalue weighted by Crippen LogP contribution is 2.20. The van der Waals surface area contributed by atoms with Crippen molar-refractivity contribution in [1.82, 2.24) is 9.55 Å². The van der Waals surface area contributed by atoms with Gasteiger partial charge >= 0.3 is 5.97 Å². The number of aromatic carboxylic acids is 1. The predicted molar refractivity (Wildman–Crippen MR) is 77.1 cm³/mol. The summed E-state index contributed by atoms with van der Waals surface area (Å²) in [6.07, 6.45) is 0.816. The molecule has 0 radical (unpaired) electrons. The number of ether oxygens (including phenoxy) is 1. The van der Waals surface area contributed by atoms with Crippen LogP contribution in [0.3, 0.4) is 0 Å². The summed E-state index contributed by atoms with van der Waals surface area (Å²) in [5, 5.41) is 9.12. The van der Waals surface area contributed by atoms with E-state index in [4.69, 9.17) is 9.84 Å². The molecule has 0 saturated heterocycles. The summed E-state index contributed by atoms with van der Waals surface area (Å²) in [5.74, 6) is 0.407. The van der Waals surface area contributed by atoms with Crippen molar-refractivity contribution in [2.24, 2.45) is 5.92 Å². The van der Waals surface area contributed by atoms with Gasteiger partial charge in [0.2, 0.25) is 0 Å². The van der Waals surface area contributed by atoms with Gasteiger partial charge in [-0.3, -0.25) is 0 Å². The third kappa shape index (κ3) is 2.82. The molecule has 0 saturated carbocycles. The molecule has 0 bridgehead atoms. The third-order valence-electron chi connectivity index (χ3n) is 3.34. The number of carboxylic acid groups (broad SMARTS) is 1. The summed E-state index contributed by atoms with van der Waals surface area (Å²) in [6.45, 7) is 5.60. The fourth-order valence-corrected chi connectivity index (χ4v) is 2.43. The van der Waals surface area contributed by atoms with E-state index in [1.165, 1.54) is 0 Å². The number of benzene rings is 1. The Bertz CT molecular complexity index is 619. The Balaban J connectivity index is 2.48. The second kappa shape index (κ2) is 6.05. The molecule has 1 aromatic carbocycles. The van der Waals surface area contributed by atoms with Gasteiger partial charge in [0.25, 0.3) is 0 Å². The Kier molecular flexibility index (Phi) is 4.39. The lowest BCUT2D eigenvalue weighted by Gasteiger charge is -2.14. The number of rotatable bonds is 6. The summed E-state index contributed by atoms with van der Waals surface area (Å²) in [4.78, 5) is 15.7. The predicted octanol–water partition coefficient (Wildman–Crippen LogP) is 2.58. The first-order valence-electron chi connectivity index (χ1n) is 6.78. The Morgan fingerprint density at radius 2 is 2.25 bits per heavy atom. The zero-order valence-electron chi connectivity index (χ0n) is 12.1. The Morgan fingerprint density at radius 3 is 2.85 bits per heavy atom. The van der Waals surface area contributed by atoms with Gasteiger partial charge in [0.05, 0.1) is 23.2 Å². The van der Waals surface area contributed by atoms with E-state index >= 15 is 0 Å². The smallest absolute Gasteiger partial charge is 0.335 e. The molecule has 108 valence electrons. The average Bonchev–Trinajstić information content (AvgIpc) is 2.76. The van der Waals surface area contributed by atoms with Crippen LogP contribution >= 0.6 is 0 Å². The number of hydrogen-bond donors (Lipinski definition) is 1. The van der Waals surface area contributed by atoms with Gasteiger partial charge in [-0.25, -0.2) is 9.78 Å². The van der Waals surface area contributed by atoms with Crippen molar-refractivity contribution < 1.29 is 14.6 Å². The van der Waals surface area contributed by atoms with E-state index < -0.39 is 5.97 Å². The number of hydrogen-bond acceptors (Lipinski definition) is 3. The van der Waals surface area contributed by atoms with Crippen LogP contribution in [-0.4, -0.2) is 34.3 Å². The number of carbonyl (C=O) groups is 1. The monoisotopic (exact) mass is 276 g/mol. The SMILES string of the molecule is CCc1nc2ccc(C(=O)O)cc2n1CC(C)COC. The molecule has 5 heteroatoms. The number of aromatic nitrogens is 2. The van der Waals surface area contributed by atoms with E-state index in [-0.39, 0.29) is 0 Å². The molecule has 2 rings (SSSR count). The first-order chi connectivity index (χ1) is 9.56. The maximum Gasteiger partial charge on any atom is 0.335 e.